The maximum Gasteiger partial charge on any atom is 0.119 e. The van der Waals surface area contributed by atoms with Gasteiger partial charge in [-0.25, -0.2) is 0 Å². The molecule has 0 radical (unpaired) electrons. The summed E-state index contributed by atoms with van der Waals surface area (Å²) >= 11 is 0. The highest BCUT2D eigenvalue weighted by Crippen LogP contribution is 2.33. The number of hydrogen-bond donors (Lipinski definition) is 0. The number of para-hydroxylation sites is 1. The van der Waals surface area contributed by atoms with E-state index < -0.39 is 0 Å². The zero-order chi connectivity index (χ0) is 14.3. The smallest absolute Gasteiger partial charge is 0.119 e. The molecule has 2 aromatic carbocycles. The van der Waals surface area contributed by atoms with Crippen molar-refractivity contribution in [2.75, 3.05) is 6.61 Å². The first-order chi connectivity index (χ1) is 10.4. The van der Waals surface area contributed by atoms with Crippen molar-refractivity contribution in [1.29, 1.82) is 0 Å². The van der Waals surface area contributed by atoms with Crippen LogP contribution in [0.5, 0.6) is 5.75 Å². The number of rotatable bonds is 7. The van der Waals surface area contributed by atoms with Crippen molar-refractivity contribution in [1.82, 2.24) is 0 Å². The lowest BCUT2D eigenvalue weighted by Crippen LogP contribution is -1.98. The average molecular weight is 278 g/mol. The van der Waals surface area contributed by atoms with Gasteiger partial charge in [-0.3, -0.25) is 0 Å². The molecule has 1 aliphatic rings. The Morgan fingerprint density at radius 1 is 0.810 bits per heavy atom. The third kappa shape index (κ3) is 3.75. The van der Waals surface area contributed by atoms with Crippen LogP contribution in [-0.4, -0.2) is 6.61 Å². The summed E-state index contributed by atoms with van der Waals surface area (Å²) in [7, 11) is 0. The molecule has 1 heteroatoms. The maximum absolute atomic E-state index is 5.72. The van der Waals surface area contributed by atoms with E-state index in [9.17, 15) is 0 Å². The van der Waals surface area contributed by atoms with Crippen LogP contribution in [0.1, 0.15) is 42.7 Å². The summed E-state index contributed by atoms with van der Waals surface area (Å²) in [6.45, 7) is 0.821. The second-order valence-corrected chi connectivity index (χ2v) is 5.61. The molecule has 0 fully saturated rings. The Hall–Kier alpha value is -2.02. The lowest BCUT2D eigenvalue weighted by atomic mass is 9.95. The van der Waals surface area contributed by atoms with Crippen LogP contribution < -0.4 is 4.74 Å². The minimum Gasteiger partial charge on any atom is -0.494 e. The summed E-state index contributed by atoms with van der Waals surface area (Å²) in [5.74, 6) is 1.60. The van der Waals surface area contributed by atoms with E-state index in [4.69, 9.17) is 4.74 Å². The van der Waals surface area contributed by atoms with Crippen molar-refractivity contribution in [3.8, 4) is 5.75 Å². The van der Waals surface area contributed by atoms with Gasteiger partial charge in [-0.05, 0) is 36.1 Å². The second-order valence-electron chi connectivity index (χ2n) is 5.61. The van der Waals surface area contributed by atoms with E-state index in [0.29, 0.717) is 5.92 Å². The van der Waals surface area contributed by atoms with Crippen LogP contribution in [0.2, 0.25) is 0 Å². The second kappa shape index (κ2) is 7.12. The van der Waals surface area contributed by atoms with Gasteiger partial charge in [-0.15, -0.1) is 0 Å². The van der Waals surface area contributed by atoms with Gasteiger partial charge in [0.05, 0.1) is 6.61 Å². The fourth-order valence-corrected chi connectivity index (χ4v) is 2.93. The van der Waals surface area contributed by atoms with Crippen molar-refractivity contribution in [3.63, 3.8) is 0 Å². The molecule has 0 bridgehead atoms. The molecule has 0 heterocycles. The SMILES string of the molecule is C1=CC(CCCCCOc2ccccc2)c2ccccc21. The summed E-state index contributed by atoms with van der Waals surface area (Å²) in [6, 6.07) is 18.8. The van der Waals surface area contributed by atoms with Gasteiger partial charge in [-0.2, -0.15) is 0 Å². The first kappa shape index (κ1) is 13.9. The molecule has 1 atom stereocenters. The van der Waals surface area contributed by atoms with Gasteiger partial charge in [0.15, 0.2) is 0 Å². The summed E-state index contributed by atoms with van der Waals surface area (Å²) in [5, 5.41) is 0. The van der Waals surface area contributed by atoms with E-state index in [0.717, 1.165) is 18.8 Å². The van der Waals surface area contributed by atoms with E-state index in [1.165, 1.54) is 30.4 Å². The minimum atomic E-state index is 0.622. The summed E-state index contributed by atoms with van der Waals surface area (Å²) < 4.78 is 5.72. The van der Waals surface area contributed by atoms with Crippen molar-refractivity contribution in [2.45, 2.75) is 31.6 Å². The molecule has 1 unspecified atom stereocenters. The number of fused-ring (bicyclic) bond motifs is 1. The standard InChI is InChI=1S/C20H22O/c1-4-11-19(12-5-1)21-16-8-2-3-9-17-14-15-18-10-6-7-13-20(17)18/h1,4-7,10-15,17H,2-3,8-9,16H2. The van der Waals surface area contributed by atoms with E-state index in [1.807, 2.05) is 30.3 Å². The normalized spacial score (nSPS) is 15.9. The van der Waals surface area contributed by atoms with Gasteiger partial charge in [0.2, 0.25) is 0 Å². The van der Waals surface area contributed by atoms with Crippen LogP contribution in [-0.2, 0) is 0 Å². The molecular weight excluding hydrogens is 256 g/mol. The topological polar surface area (TPSA) is 9.23 Å². The zero-order valence-electron chi connectivity index (χ0n) is 12.4. The Morgan fingerprint density at radius 3 is 2.52 bits per heavy atom. The monoisotopic (exact) mass is 278 g/mol. The van der Waals surface area contributed by atoms with Gasteiger partial charge in [-0.1, -0.05) is 67.5 Å². The van der Waals surface area contributed by atoms with E-state index in [2.05, 4.69) is 36.4 Å². The quantitative estimate of drug-likeness (QED) is 0.613. The highest BCUT2D eigenvalue weighted by atomic mass is 16.5. The Balaban J connectivity index is 1.34. The van der Waals surface area contributed by atoms with E-state index in [1.54, 1.807) is 0 Å². The van der Waals surface area contributed by atoms with Gasteiger partial charge in [0, 0.05) is 5.92 Å². The number of hydrogen-bond acceptors (Lipinski definition) is 1. The van der Waals surface area contributed by atoms with Gasteiger partial charge in [0.25, 0.3) is 0 Å². The first-order valence-corrected chi connectivity index (χ1v) is 7.88. The van der Waals surface area contributed by atoms with Gasteiger partial charge >= 0.3 is 0 Å². The molecule has 0 aliphatic heterocycles. The fourth-order valence-electron chi connectivity index (χ4n) is 2.93. The molecule has 2 aromatic rings. The Morgan fingerprint density at radius 2 is 1.62 bits per heavy atom. The Kier molecular flexibility index (Phi) is 4.73. The molecule has 0 saturated carbocycles. The lowest BCUT2D eigenvalue weighted by molar-refractivity contribution is 0.304. The fraction of sp³-hybridized carbons (Fsp3) is 0.300. The minimum absolute atomic E-state index is 0.622. The highest BCUT2D eigenvalue weighted by molar-refractivity contribution is 5.62. The molecule has 0 aromatic heterocycles. The van der Waals surface area contributed by atoms with Crippen molar-refractivity contribution in [2.24, 2.45) is 0 Å². The molecular formula is C20H22O. The molecule has 3 rings (SSSR count). The molecule has 21 heavy (non-hydrogen) atoms. The predicted octanol–water partition coefficient (Wildman–Crippen LogP) is 5.44. The number of benzene rings is 2. The van der Waals surface area contributed by atoms with Crippen LogP contribution in [0, 0.1) is 0 Å². The predicted molar refractivity (Wildman–Crippen MR) is 88.6 cm³/mol. The summed E-state index contributed by atoms with van der Waals surface area (Å²) in [4.78, 5) is 0. The molecule has 0 saturated heterocycles. The van der Waals surface area contributed by atoms with Crippen LogP contribution >= 0.6 is 0 Å². The van der Waals surface area contributed by atoms with Gasteiger partial charge in [0.1, 0.15) is 5.75 Å². The van der Waals surface area contributed by atoms with Crippen molar-refractivity contribution >= 4 is 6.08 Å². The number of allylic oxidation sites excluding steroid dienone is 1. The van der Waals surface area contributed by atoms with Crippen molar-refractivity contribution < 1.29 is 4.74 Å². The number of unbranched alkanes of at least 4 members (excludes halogenated alkanes) is 2. The lowest BCUT2D eigenvalue weighted by Gasteiger charge is -2.11. The van der Waals surface area contributed by atoms with Crippen LogP contribution in [0.4, 0.5) is 0 Å². The summed E-state index contributed by atoms with van der Waals surface area (Å²) in [6.07, 6.45) is 9.50. The van der Waals surface area contributed by atoms with Crippen LogP contribution in [0.15, 0.2) is 60.7 Å². The first-order valence-electron chi connectivity index (χ1n) is 7.88. The zero-order valence-corrected chi connectivity index (χ0v) is 12.4. The van der Waals surface area contributed by atoms with E-state index >= 15 is 0 Å². The summed E-state index contributed by atoms with van der Waals surface area (Å²) in [5.41, 5.74) is 2.90. The number of ether oxygens (including phenoxy) is 1. The van der Waals surface area contributed by atoms with Crippen LogP contribution in [0.25, 0.3) is 6.08 Å². The highest BCUT2D eigenvalue weighted by Gasteiger charge is 2.15. The maximum atomic E-state index is 5.72. The molecule has 0 amide bonds. The largest absolute Gasteiger partial charge is 0.494 e. The van der Waals surface area contributed by atoms with E-state index in [-0.39, 0.29) is 0 Å². The Bertz CT molecular complexity index is 586. The average Bonchev–Trinajstić information content (AvgIpc) is 2.95. The Labute approximate surface area is 127 Å². The third-order valence-corrected chi connectivity index (χ3v) is 4.07. The molecule has 1 nitrogen and oxygen atoms in total. The van der Waals surface area contributed by atoms with Gasteiger partial charge < -0.3 is 4.74 Å². The molecule has 108 valence electrons. The third-order valence-electron chi connectivity index (χ3n) is 4.07. The van der Waals surface area contributed by atoms with Crippen LogP contribution in [0.3, 0.4) is 0 Å². The molecule has 0 N–H and O–H groups in total. The van der Waals surface area contributed by atoms with Crippen molar-refractivity contribution in [3.05, 3.63) is 71.8 Å². The molecule has 1 aliphatic carbocycles. The molecule has 0 spiro atoms.